The zero-order valence-electron chi connectivity index (χ0n) is 23.8. The van der Waals surface area contributed by atoms with Gasteiger partial charge >= 0.3 is 0 Å². The summed E-state index contributed by atoms with van der Waals surface area (Å²) in [5, 5.41) is 9.69. The van der Waals surface area contributed by atoms with Gasteiger partial charge in [0.1, 0.15) is 11.2 Å². The van der Waals surface area contributed by atoms with Crippen molar-refractivity contribution in [3.8, 4) is 0 Å². The van der Waals surface area contributed by atoms with Crippen molar-refractivity contribution in [2.75, 3.05) is 44.7 Å². The Morgan fingerprint density at radius 1 is 1.23 bits per heavy atom. The Kier molecular flexibility index (Phi) is 8.26. The molecule has 0 radical (unpaired) electrons. The topological polar surface area (TPSA) is 82.7 Å². The largest absolute Gasteiger partial charge is 0.379 e. The number of hydrogen-bond donors (Lipinski definition) is 3. The fourth-order valence-electron chi connectivity index (χ4n) is 6.74. The number of halogens is 2. The number of ether oxygens (including phenoxy) is 1. The van der Waals surface area contributed by atoms with E-state index in [1.54, 1.807) is 12.1 Å². The number of fused-ring (bicyclic) bond motifs is 2. The van der Waals surface area contributed by atoms with Crippen LogP contribution in [0.25, 0.3) is 0 Å². The Bertz CT molecular complexity index is 1280. The molecule has 3 aliphatic rings. The number of hydrogen-bond acceptors (Lipinski definition) is 5. The number of amides is 2. The van der Waals surface area contributed by atoms with E-state index in [1.165, 1.54) is 6.07 Å². The first-order valence-corrected chi connectivity index (χ1v) is 14.6. The van der Waals surface area contributed by atoms with Gasteiger partial charge in [-0.15, -0.1) is 0 Å². The highest BCUT2D eigenvalue weighted by atomic mass is 35.5. The van der Waals surface area contributed by atoms with E-state index in [-0.39, 0.29) is 27.8 Å². The van der Waals surface area contributed by atoms with Crippen LogP contribution in [0.4, 0.5) is 10.1 Å². The lowest BCUT2D eigenvalue weighted by molar-refractivity contribution is -0.123. The van der Waals surface area contributed by atoms with Gasteiger partial charge in [0.2, 0.25) is 11.8 Å². The maximum Gasteiger partial charge on any atom is 0.237 e. The summed E-state index contributed by atoms with van der Waals surface area (Å²) in [5.41, 5.74) is 1.42. The maximum atomic E-state index is 15.8. The first-order chi connectivity index (χ1) is 19.0. The first kappa shape index (κ1) is 29.0. The van der Waals surface area contributed by atoms with E-state index >= 15 is 4.39 Å². The third-order valence-corrected chi connectivity index (χ3v) is 8.76. The minimum absolute atomic E-state index is 0.0286. The average molecular weight is 571 g/mol. The van der Waals surface area contributed by atoms with E-state index in [2.05, 4.69) is 41.6 Å². The zero-order chi connectivity index (χ0) is 28.7. The molecule has 4 atom stereocenters. The molecule has 2 saturated heterocycles. The standard InChI is InChI=1S/C31H40ClFN4O3/c1-19-9-10-21-23(17-19)35-29(39)31(21)24(18-30(2,3)4)36-27(25(31)20-7-5-8-22(32)26(20)33)28(38)34-11-6-12-37-13-15-40-16-14-37/h5,7-10,17,24-25,27,36H,6,11-16,18H2,1-4H3,(H,34,38)(H,35,39)/t24-,25+,27-,31+/m1/s1. The lowest BCUT2D eigenvalue weighted by Gasteiger charge is -2.37. The fourth-order valence-corrected chi connectivity index (χ4v) is 6.92. The van der Waals surface area contributed by atoms with Crippen LogP contribution in [-0.4, -0.2) is 68.2 Å². The van der Waals surface area contributed by atoms with Crippen LogP contribution in [-0.2, 0) is 19.7 Å². The van der Waals surface area contributed by atoms with Crippen LogP contribution in [0, 0.1) is 18.2 Å². The summed E-state index contributed by atoms with van der Waals surface area (Å²) in [4.78, 5) is 30.4. The van der Waals surface area contributed by atoms with Gasteiger partial charge in [0.05, 0.1) is 24.3 Å². The average Bonchev–Trinajstić information content (AvgIpc) is 3.37. The highest BCUT2D eigenvalue weighted by Gasteiger charge is 2.66. The predicted molar refractivity (Wildman–Crippen MR) is 155 cm³/mol. The fraction of sp³-hybridized carbons (Fsp3) is 0.548. The first-order valence-electron chi connectivity index (χ1n) is 14.2. The summed E-state index contributed by atoms with van der Waals surface area (Å²) in [5.74, 6) is -1.86. The van der Waals surface area contributed by atoms with E-state index in [0.717, 1.165) is 50.4 Å². The zero-order valence-corrected chi connectivity index (χ0v) is 24.5. The van der Waals surface area contributed by atoms with Gasteiger partial charge < -0.3 is 20.7 Å². The number of anilines is 1. The Labute approximate surface area is 241 Å². The third-order valence-electron chi connectivity index (χ3n) is 8.47. The molecule has 0 bridgehead atoms. The molecule has 0 saturated carbocycles. The number of aryl methyl sites for hydroxylation is 1. The molecule has 0 aromatic heterocycles. The van der Waals surface area contributed by atoms with E-state index in [4.69, 9.17) is 16.3 Å². The highest BCUT2D eigenvalue weighted by molar-refractivity contribution is 6.30. The molecule has 3 N–H and O–H groups in total. The number of rotatable bonds is 7. The van der Waals surface area contributed by atoms with Gasteiger partial charge in [0, 0.05) is 37.3 Å². The number of benzene rings is 2. The van der Waals surface area contributed by atoms with Gasteiger partial charge in [0.15, 0.2) is 0 Å². The van der Waals surface area contributed by atoms with Gasteiger partial charge in [-0.2, -0.15) is 0 Å². The molecule has 9 heteroatoms. The second-order valence-electron chi connectivity index (χ2n) is 12.6. The monoisotopic (exact) mass is 570 g/mol. The molecular formula is C31H40ClFN4O3. The van der Waals surface area contributed by atoms with Crippen LogP contribution in [0.1, 0.15) is 56.2 Å². The van der Waals surface area contributed by atoms with E-state index < -0.39 is 29.2 Å². The molecule has 0 unspecified atom stereocenters. The van der Waals surface area contributed by atoms with Crippen LogP contribution >= 0.6 is 11.6 Å². The number of nitrogens with one attached hydrogen (secondary N) is 3. The van der Waals surface area contributed by atoms with Gasteiger partial charge in [0.25, 0.3) is 0 Å². The second kappa shape index (κ2) is 11.4. The molecule has 2 aromatic carbocycles. The quantitative estimate of drug-likeness (QED) is 0.431. The van der Waals surface area contributed by atoms with Gasteiger partial charge in [-0.1, -0.05) is 56.6 Å². The van der Waals surface area contributed by atoms with Crippen molar-refractivity contribution in [1.29, 1.82) is 0 Å². The molecular weight excluding hydrogens is 531 g/mol. The number of carbonyl (C=O) groups excluding carboxylic acids is 2. The van der Waals surface area contributed by atoms with Crippen LogP contribution in [0.5, 0.6) is 0 Å². The normalized spacial score (nSPS) is 26.6. The van der Waals surface area contributed by atoms with E-state index in [9.17, 15) is 9.59 Å². The van der Waals surface area contributed by atoms with Gasteiger partial charge in [-0.25, -0.2) is 4.39 Å². The predicted octanol–water partition coefficient (Wildman–Crippen LogP) is 4.38. The van der Waals surface area contributed by atoms with Crippen LogP contribution in [0.15, 0.2) is 36.4 Å². The van der Waals surface area contributed by atoms with Crippen LogP contribution < -0.4 is 16.0 Å². The second-order valence-corrected chi connectivity index (χ2v) is 13.0. The Balaban J connectivity index is 1.54. The molecule has 2 fully saturated rings. The van der Waals surface area contributed by atoms with Crippen molar-refractivity contribution >= 4 is 29.1 Å². The van der Waals surface area contributed by atoms with Crippen molar-refractivity contribution < 1.29 is 18.7 Å². The summed E-state index contributed by atoms with van der Waals surface area (Å²) in [7, 11) is 0. The minimum atomic E-state index is -1.20. The Morgan fingerprint density at radius 3 is 2.70 bits per heavy atom. The lowest BCUT2D eigenvalue weighted by atomic mass is 9.62. The number of morpholine rings is 1. The molecule has 5 rings (SSSR count). The highest BCUT2D eigenvalue weighted by Crippen LogP contribution is 2.57. The molecule has 3 aliphatic heterocycles. The molecule has 2 amide bonds. The third kappa shape index (κ3) is 5.39. The Hall–Kier alpha value is -2.52. The maximum absolute atomic E-state index is 15.8. The van der Waals surface area contributed by atoms with E-state index in [1.807, 2.05) is 25.1 Å². The lowest BCUT2D eigenvalue weighted by Crippen LogP contribution is -2.49. The SMILES string of the molecule is Cc1ccc2c(c1)NC(=O)[C@]21[C@@H](CC(C)(C)C)N[C@@H](C(=O)NCCCN2CCOCC2)[C@@H]1c1cccc(Cl)c1F. The van der Waals surface area contributed by atoms with Crippen molar-refractivity contribution in [3.63, 3.8) is 0 Å². The molecule has 7 nitrogen and oxygen atoms in total. The van der Waals surface area contributed by atoms with Crippen molar-refractivity contribution in [3.05, 3.63) is 63.9 Å². The summed E-state index contributed by atoms with van der Waals surface area (Å²) in [6, 6.07) is 9.47. The Morgan fingerprint density at radius 2 is 1.98 bits per heavy atom. The van der Waals surface area contributed by atoms with Crippen LogP contribution in [0.2, 0.25) is 5.02 Å². The molecule has 3 heterocycles. The smallest absolute Gasteiger partial charge is 0.237 e. The van der Waals surface area contributed by atoms with Gasteiger partial charge in [-0.05, 0) is 60.5 Å². The summed E-state index contributed by atoms with van der Waals surface area (Å²) in [6.45, 7) is 12.9. The van der Waals surface area contributed by atoms with Crippen molar-refractivity contribution in [2.24, 2.45) is 5.41 Å². The summed E-state index contributed by atoms with van der Waals surface area (Å²) >= 11 is 6.28. The van der Waals surface area contributed by atoms with Crippen molar-refractivity contribution in [1.82, 2.24) is 15.5 Å². The number of carbonyl (C=O) groups is 2. The van der Waals surface area contributed by atoms with E-state index in [0.29, 0.717) is 18.7 Å². The molecule has 0 aliphatic carbocycles. The molecule has 2 aromatic rings. The van der Waals surface area contributed by atoms with Crippen molar-refractivity contribution in [2.45, 2.75) is 64.0 Å². The number of nitrogens with zero attached hydrogens (tertiary/aromatic N) is 1. The molecule has 40 heavy (non-hydrogen) atoms. The molecule has 1 spiro atoms. The van der Waals surface area contributed by atoms with Crippen LogP contribution in [0.3, 0.4) is 0 Å². The summed E-state index contributed by atoms with van der Waals surface area (Å²) in [6.07, 6.45) is 1.39. The molecule has 216 valence electrons. The summed E-state index contributed by atoms with van der Waals surface area (Å²) < 4.78 is 21.3. The van der Waals surface area contributed by atoms with Gasteiger partial charge in [-0.3, -0.25) is 14.5 Å². The minimum Gasteiger partial charge on any atom is -0.379 e.